The van der Waals surface area contributed by atoms with Crippen LogP contribution in [0.5, 0.6) is 0 Å². The van der Waals surface area contributed by atoms with Crippen LogP contribution in [0.2, 0.25) is 0 Å². The van der Waals surface area contributed by atoms with Crippen LogP contribution in [0.4, 0.5) is 5.69 Å². The number of nitrogens with zero attached hydrogens (tertiary/aromatic N) is 2. The molecule has 0 spiro atoms. The minimum atomic E-state index is -0.818. The molecule has 0 saturated carbocycles. The average Bonchev–Trinajstić information content (AvgIpc) is 3.06. The van der Waals surface area contributed by atoms with Gasteiger partial charge in [0.05, 0.1) is 11.9 Å². The number of anilines is 1. The largest absolute Gasteiger partial charge is 0.481 e. The highest BCUT2D eigenvalue weighted by Crippen LogP contribution is 2.27. The Morgan fingerprint density at radius 1 is 1.00 bits per heavy atom. The van der Waals surface area contributed by atoms with Crippen molar-refractivity contribution in [3.8, 4) is 5.69 Å². The second-order valence-electron chi connectivity index (χ2n) is 7.47. The Kier molecular flexibility index (Phi) is 5.09. The molecule has 146 valence electrons. The number of carboxylic acid groups (broad SMARTS) is 1. The lowest BCUT2D eigenvalue weighted by Gasteiger charge is -2.20. The van der Waals surface area contributed by atoms with Gasteiger partial charge in [0.25, 0.3) is 0 Å². The summed E-state index contributed by atoms with van der Waals surface area (Å²) in [7, 11) is 2.09. The van der Waals surface area contributed by atoms with Crippen LogP contribution in [-0.4, -0.2) is 22.7 Å². The highest BCUT2D eigenvalue weighted by Gasteiger charge is 2.12. The monoisotopic (exact) mass is 384 g/mol. The summed E-state index contributed by atoms with van der Waals surface area (Å²) >= 11 is 0. The molecule has 1 aromatic heterocycles. The third kappa shape index (κ3) is 4.02. The smallest absolute Gasteiger partial charge is 0.307 e. The van der Waals surface area contributed by atoms with Crippen LogP contribution in [0.15, 0.2) is 79.0 Å². The quantitative estimate of drug-likeness (QED) is 0.497. The van der Waals surface area contributed by atoms with Crippen molar-refractivity contribution in [2.75, 3.05) is 11.9 Å². The van der Waals surface area contributed by atoms with Gasteiger partial charge in [-0.15, -0.1) is 0 Å². The predicted octanol–water partition coefficient (Wildman–Crippen LogP) is 5.20. The molecule has 29 heavy (non-hydrogen) atoms. The number of aryl methyl sites for hydroxylation is 1. The number of para-hydroxylation sites is 1. The van der Waals surface area contributed by atoms with Gasteiger partial charge in [0, 0.05) is 36.6 Å². The molecule has 3 aromatic carbocycles. The number of benzene rings is 3. The van der Waals surface area contributed by atoms with E-state index >= 15 is 0 Å². The Labute approximate surface area is 170 Å². The molecule has 0 unspecified atom stereocenters. The van der Waals surface area contributed by atoms with E-state index in [0.717, 1.165) is 34.4 Å². The summed E-state index contributed by atoms with van der Waals surface area (Å²) in [5.41, 5.74) is 6.55. The maximum absolute atomic E-state index is 11.2. The van der Waals surface area contributed by atoms with Crippen molar-refractivity contribution >= 4 is 22.6 Å². The first-order valence-electron chi connectivity index (χ1n) is 9.69. The molecule has 0 radical (unpaired) electrons. The molecule has 0 aliphatic heterocycles. The zero-order valence-electron chi connectivity index (χ0n) is 16.7. The third-order valence-electron chi connectivity index (χ3n) is 5.21. The van der Waals surface area contributed by atoms with Crippen LogP contribution in [0.25, 0.3) is 16.6 Å². The zero-order chi connectivity index (χ0) is 20.4. The lowest BCUT2D eigenvalue weighted by atomic mass is 10.1. The van der Waals surface area contributed by atoms with E-state index < -0.39 is 5.97 Å². The summed E-state index contributed by atoms with van der Waals surface area (Å²) in [6, 6.07) is 24.9. The van der Waals surface area contributed by atoms with Crippen LogP contribution in [0.1, 0.15) is 16.7 Å². The van der Waals surface area contributed by atoms with Gasteiger partial charge in [0.2, 0.25) is 0 Å². The number of rotatable bonds is 6. The predicted molar refractivity (Wildman–Crippen MR) is 118 cm³/mol. The number of hydrogen-bond donors (Lipinski definition) is 1. The summed E-state index contributed by atoms with van der Waals surface area (Å²) in [6.07, 6.45) is 1.95. The average molecular weight is 384 g/mol. The molecular weight excluding hydrogens is 360 g/mol. The molecule has 0 aliphatic rings. The van der Waals surface area contributed by atoms with E-state index in [-0.39, 0.29) is 6.42 Å². The van der Waals surface area contributed by atoms with Gasteiger partial charge >= 0.3 is 5.97 Å². The van der Waals surface area contributed by atoms with E-state index in [1.54, 1.807) is 0 Å². The van der Waals surface area contributed by atoms with Crippen molar-refractivity contribution < 1.29 is 9.90 Å². The third-order valence-corrected chi connectivity index (χ3v) is 5.21. The molecule has 1 N–H and O–H groups in total. The van der Waals surface area contributed by atoms with E-state index in [4.69, 9.17) is 0 Å². The first-order valence-corrected chi connectivity index (χ1v) is 9.69. The van der Waals surface area contributed by atoms with Crippen molar-refractivity contribution in [3.05, 3.63) is 95.7 Å². The number of fused-ring (bicyclic) bond motifs is 1. The molecule has 0 atom stereocenters. The minimum Gasteiger partial charge on any atom is -0.481 e. The first kappa shape index (κ1) is 18.8. The SMILES string of the molecule is Cc1cccc(CN(C)c2ccc(-n3cc(CC(=O)O)c4ccccc43)cc2)c1. The second kappa shape index (κ2) is 7.84. The van der Waals surface area contributed by atoms with Crippen molar-refractivity contribution in [2.45, 2.75) is 19.9 Å². The second-order valence-corrected chi connectivity index (χ2v) is 7.47. The summed E-state index contributed by atoms with van der Waals surface area (Å²) in [5, 5.41) is 10.2. The van der Waals surface area contributed by atoms with Crippen molar-refractivity contribution in [1.82, 2.24) is 4.57 Å². The Balaban J connectivity index is 1.62. The summed E-state index contributed by atoms with van der Waals surface area (Å²) in [4.78, 5) is 13.5. The molecule has 0 saturated heterocycles. The molecule has 0 aliphatic carbocycles. The Hall–Kier alpha value is -3.53. The van der Waals surface area contributed by atoms with E-state index in [1.807, 2.05) is 30.5 Å². The molecule has 0 bridgehead atoms. The molecular formula is C25H24N2O2. The number of carbonyl (C=O) groups is 1. The molecule has 4 heteroatoms. The topological polar surface area (TPSA) is 45.5 Å². The maximum Gasteiger partial charge on any atom is 0.307 e. The highest BCUT2D eigenvalue weighted by molar-refractivity contribution is 5.88. The van der Waals surface area contributed by atoms with Crippen LogP contribution in [0, 0.1) is 6.92 Å². The Morgan fingerprint density at radius 3 is 2.48 bits per heavy atom. The maximum atomic E-state index is 11.2. The van der Waals surface area contributed by atoms with E-state index in [0.29, 0.717) is 0 Å². The minimum absolute atomic E-state index is 0.0187. The molecule has 0 amide bonds. The fourth-order valence-electron chi connectivity index (χ4n) is 3.81. The molecule has 4 aromatic rings. The molecule has 0 fully saturated rings. The van der Waals surface area contributed by atoms with Gasteiger partial charge in [-0.1, -0.05) is 48.0 Å². The number of hydrogen-bond acceptors (Lipinski definition) is 2. The molecule has 4 rings (SSSR count). The molecule has 1 heterocycles. The summed E-state index contributed by atoms with van der Waals surface area (Å²) in [6.45, 7) is 2.95. The summed E-state index contributed by atoms with van der Waals surface area (Å²) < 4.78 is 2.07. The first-order chi connectivity index (χ1) is 14.0. The Bertz CT molecular complexity index is 1160. The fraction of sp³-hybridized carbons (Fsp3) is 0.160. The van der Waals surface area contributed by atoms with Gasteiger partial charge < -0.3 is 14.6 Å². The van der Waals surface area contributed by atoms with Gasteiger partial charge in [-0.2, -0.15) is 0 Å². The van der Waals surface area contributed by atoms with Gasteiger partial charge in [-0.25, -0.2) is 0 Å². The van der Waals surface area contributed by atoms with E-state index in [2.05, 4.69) is 72.0 Å². The number of aromatic nitrogens is 1. The number of aliphatic carboxylic acids is 1. The van der Waals surface area contributed by atoms with Crippen molar-refractivity contribution in [2.24, 2.45) is 0 Å². The van der Waals surface area contributed by atoms with Gasteiger partial charge in [-0.05, 0) is 48.4 Å². The normalized spacial score (nSPS) is 11.0. The van der Waals surface area contributed by atoms with Crippen LogP contribution in [-0.2, 0) is 17.8 Å². The molecule has 4 nitrogen and oxygen atoms in total. The van der Waals surface area contributed by atoms with Crippen LogP contribution >= 0.6 is 0 Å². The van der Waals surface area contributed by atoms with Crippen LogP contribution < -0.4 is 4.90 Å². The van der Waals surface area contributed by atoms with Crippen molar-refractivity contribution in [3.63, 3.8) is 0 Å². The van der Waals surface area contributed by atoms with Crippen molar-refractivity contribution in [1.29, 1.82) is 0 Å². The lowest BCUT2D eigenvalue weighted by molar-refractivity contribution is -0.136. The highest BCUT2D eigenvalue weighted by atomic mass is 16.4. The van der Waals surface area contributed by atoms with Crippen LogP contribution in [0.3, 0.4) is 0 Å². The van der Waals surface area contributed by atoms with E-state index in [1.165, 1.54) is 11.1 Å². The van der Waals surface area contributed by atoms with Gasteiger partial charge in [0.1, 0.15) is 0 Å². The standard InChI is InChI=1S/C25H24N2O2/c1-18-6-5-7-19(14-18)16-26(2)21-10-12-22(13-11-21)27-17-20(15-25(28)29)23-8-3-4-9-24(23)27/h3-14,17H,15-16H2,1-2H3,(H,28,29). The lowest BCUT2D eigenvalue weighted by Crippen LogP contribution is -2.16. The summed E-state index contributed by atoms with van der Waals surface area (Å²) in [5.74, 6) is -0.818. The zero-order valence-corrected chi connectivity index (χ0v) is 16.7. The Morgan fingerprint density at radius 2 is 1.76 bits per heavy atom. The van der Waals surface area contributed by atoms with E-state index in [9.17, 15) is 9.90 Å². The number of carboxylic acids is 1. The fourth-order valence-corrected chi connectivity index (χ4v) is 3.81. The van der Waals surface area contributed by atoms with Gasteiger partial charge in [0.15, 0.2) is 0 Å². The van der Waals surface area contributed by atoms with Gasteiger partial charge in [-0.3, -0.25) is 4.79 Å².